The summed E-state index contributed by atoms with van der Waals surface area (Å²) in [5, 5.41) is 2.81. The Morgan fingerprint density at radius 1 is 0.861 bits per heavy atom. The third-order valence-corrected chi connectivity index (χ3v) is 7.31. The number of anilines is 1. The van der Waals surface area contributed by atoms with Crippen LogP contribution in [0.3, 0.4) is 0 Å². The summed E-state index contributed by atoms with van der Waals surface area (Å²) in [6, 6.07) is 20.8. The average molecular weight is 512 g/mol. The standard InChI is InChI=1S/C27H30FN3O4S/c1-20(2)29-27(33)21(3)30(18-22-10-6-4-7-11-22)26(32)19-31(24-12-8-5-9-13-24)36(34,35)25-16-14-23(28)15-17-25/h4-17,20-21H,18-19H2,1-3H3,(H,29,33)/t21-/m0/s1. The number of halogens is 1. The van der Waals surface area contributed by atoms with E-state index in [-0.39, 0.29) is 29.1 Å². The van der Waals surface area contributed by atoms with Crippen molar-refractivity contribution in [2.75, 3.05) is 10.8 Å². The molecule has 0 aliphatic rings. The van der Waals surface area contributed by atoms with Crippen LogP contribution in [0.5, 0.6) is 0 Å². The van der Waals surface area contributed by atoms with E-state index in [1.807, 2.05) is 44.2 Å². The predicted molar refractivity (Wildman–Crippen MR) is 137 cm³/mol. The third kappa shape index (κ3) is 6.69. The van der Waals surface area contributed by atoms with Gasteiger partial charge in [0, 0.05) is 12.6 Å². The molecule has 0 spiro atoms. The van der Waals surface area contributed by atoms with E-state index in [4.69, 9.17) is 0 Å². The zero-order valence-corrected chi connectivity index (χ0v) is 21.3. The van der Waals surface area contributed by atoms with Crippen molar-refractivity contribution in [3.63, 3.8) is 0 Å². The summed E-state index contributed by atoms with van der Waals surface area (Å²) >= 11 is 0. The SMILES string of the molecule is CC(C)NC(=O)[C@H](C)N(Cc1ccccc1)C(=O)CN(c1ccccc1)S(=O)(=O)c1ccc(F)cc1. The molecule has 0 aliphatic heterocycles. The average Bonchev–Trinajstić information content (AvgIpc) is 2.86. The van der Waals surface area contributed by atoms with E-state index in [2.05, 4.69) is 5.32 Å². The first-order valence-corrected chi connectivity index (χ1v) is 13.0. The largest absolute Gasteiger partial charge is 0.352 e. The van der Waals surface area contributed by atoms with E-state index in [0.29, 0.717) is 0 Å². The molecule has 0 heterocycles. The normalized spacial score (nSPS) is 12.1. The van der Waals surface area contributed by atoms with E-state index in [9.17, 15) is 22.4 Å². The molecular weight excluding hydrogens is 481 g/mol. The van der Waals surface area contributed by atoms with Crippen molar-refractivity contribution in [3.05, 3.63) is 96.3 Å². The molecule has 7 nitrogen and oxygen atoms in total. The maximum Gasteiger partial charge on any atom is 0.264 e. The number of benzene rings is 3. The number of amides is 2. The second-order valence-electron chi connectivity index (χ2n) is 8.65. The highest BCUT2D eigenvalue weighted by atomic mass is 32.2. The molecule has 3 rings (SSSR count). The number of para-hydroxylation sites is 1. The monoisotopic (exact) mass is 511 g/mol. The van der Waals surface area contributed by atoms with Crippen LogP contribution in [0.1, 0.15) is 26.3 Å². The number of hydrogen-bond acceptors (Lipinski definition) is 4. The lowest BCUT2D eigenvalue weighted by Gasteiger charge is -2.32. The van der Waals surface area contributed by atoms with Crippen molar-refractivity contribution < 1.29 is 22.4 Å². The highest BCUT2D eigenvalue weighted by molar-refractivity contribution is 7.92. The summed E-state index contributed by atoms with van der Waals surface area (Å²) in [6.07, 6.45) is 0. The molecule has 0 radical (unpaired) electrons. The maximum atomic E-state index is 13.7. The molecule has 0 saturated carbocycles. The number of nitrogens with zero attached hydrogens (tertiary/aromatic N) is 2. The predicted octanol–water partition coefficient (Wildman–Crippen LogP) is 3.96. The lowest BCUT2D eigenvalue weighted by Crippen LogP contribution is -2.52. The van der Waals surface area contributed by atoms with Crippen LogP contribution in [-0.2, 0) is 26.2 Å². The first-order chi connectivity index (χ1) is 17.1. The van der Waals surface area contributed by atoms with Crippen LogP contribution in [0.15, 0.2) is 89.8 Å². The number of carbonyl (C=O) groups excluding carboxylic acids is 2. The molecule has 1 atom stereocenters. The lowest BCUT2D eigenvalue weighted by molar-refractivity contribution is -0.139. The Balaban J connectivity index is 1.99. The molecule has 3 aromatic carbocycles. The van der Waals surface area contributed by atoms with Gasteiger partial charge in [-0.15, -0.1) is 0 Å². The van der Waals surface area contributed by atoms with Gasteiger partial charge in [-0.2, -0.15) is 0 Å². The van der Waals surface area contributed by atoms with E-state index in [1.54, 1.807) is 37.3 Å². The van der Waals surface area contributed by atoms with Gasteiger partial charge in [0.25, 0.3) is 10.0 Å². The van der Waals surface area contributed by atoms with Gasteiger partial charge in [-0.05, 0) is 62.7 Å². The number of nitrogens with one attached hydrogen (secondary N) is 1. The molecule has 3 aromatic rings. The Morgan fingerprint density at radius 2 is 1.42 bits per heavy atom. The van der Waals surface area contributed by atoms with Gasteiger partial charge in [-0.3, -0.25) is 13.9 Å². The fourth-order valence-electron chi connectivity index (χ4n) is 3.62. The number of rotatable bonds is 10. The minimum Gasteiger partial charge on any atom is -0.352 e. The van der Waals surface area contributed by atoms with Gasteiger partial charge in [0.2, 0.25) is 11.8 Å². The van der Waals surface area contributed by atoms with Gasteiger partial charge in [-0.25, -0.2) is 12.8 Å². The molecule has 1 N–H and O–H groups in total. The molecule has 36 heavy (non-hydrogen) atoms. The molecule has 0 unspecified atom stereocenters. The fourth-order valence-corrected chi connectivity index (χ4v) is 5.04. The number of carbonyl (C=O) groups is 2. The van der Waals surface area contributed by atoms with Crippen LogP contribution in [0, 0.1) is 5.82 Å². The smallest absolute Gasteiger partial charge is 0.264 e. The first-order valence-electron chi connectivity index (χ1n) is 11.6. The van der Waals surface area contributed by atoms with E-state index in [0.717, 1.165) is 34.1 Å². The molecule has 2 amide bonds. The van der Waals surface area contributed by atoms with E-state index < -0.39 is 34.3 Å². The zero-order valence-electron chi connectivity index (χ0n) is 20.5. The number of hydrogen-bond donors (Lipinski definition) is 1. The lowest BCUT2D eigenvalue weighted by atomic mass is 10.1. The molecule has 0 aromatic heterocycles. The summed E-state index contributed by atoms with van der Waals surface area (Å²) in [5.41, 5.74) is 1.07. The Labute approximate surface area is 211 Å². The van der Waals surface area contributed by atoms with Gasteiger partial charge in [0.05, 0.1) is 10.6 Å². The summed E-state index contributed by atoms with van der Waals surface area (Å²) in [4.78, 5) is 27.7. The quantitative estimate of drug-likeness (QED) is 0.446. The van der Waals surface area contributed by atoms with Crippen LogP contribution in [-0.4, -0.2) is 43.8 Å². The first kappa shape index (κ1) is 26.9. The van der Waals surface area contributed by atoms with Gasteiger partial charge >= 0.3 is 0 Å². The van der Waals surface area contributed by atoms with Crippen molar-refractivity contribution in [2.45, 2.75) is 44.3 Å². The zero-order chi connectivity index (χ0) is 26.3. The minimum atomic E-state index is -4.22. The molecule has 0 aliphatic carbocycles. The Hall–Kier alpha value is -3.72. The summed E-state index contributed by atoms with van der Waals surface area (Å²) in [6.45, 7) is 4.82. The molecule has 190 valence electrons. The van der Waals surface area contributed by atoms with Crippen LogP contribution < -0.4 is 9.62 Å². The summed E-state index contributed by atoms with van der Waals surface area (Å²) in [7, 11) is -4.22. The van der Waals surface area contributed by atoms with Gasteiger partial charge in [-0.1, -0.05) is 48.5 Å². The highest BCUT2D eigenvalue weighted by Crippen LogP contribution is 2.24. The second-order valence-corrected chi connectivity index (χ2v) is 10.5. The molecule has 0 bridgehead atoms. The van der Waals surface area contributed by atoms with Crippen LogP contribution in [0.25, 0.3) is 0 Å². The third-order valence-electron chi connectivity index (χ3n) is 5.52. The number of sulfonamides is 1. The Bertz CT molecular complexity index is 1270. The van der Waals surface area contributed by atoms with E-state index in [1.165, 1.54) is 4.90 Å². The summed E-state index contributed by atoms with van der Waals surface area (Å²) in [5.74, 6) is -1.47. The Morgan fingerprint density at radius 3 is 1.97 bits per heavy atom. The molecule has 0 saturated heterocycles. The van der Waals surface area contributed by atoms with Gasteiger partial charge in [0.1, 0.15) is 18.4 Å². The van der Waals surface area contributed by atoms with E-state index >= 15 is 0 Å². The molecule has 9 heteroatoms. The maximum absolute atomic E-state index is 13.7. The van der Waals surface area contributed by atoms with Crippen molar-refractivity contribution in [1.29, 1.82) is 0 Å². The van der Waals surface area contributed by atoms with Gasteiger partial charge < -0.3 is 10.2 Å². The van der Waals surface area contributed by atoms with Crippen molar-refractivity contribution in [1.82, 2.24) is 10.2 Å². The fraction of sp³-hybridized carbons (Fsp3) is 0.259. The van der Waals surface area contributed by atoms with Gasteiger partial charge in [0.15, 0.2) is 0 Å². The molecule has 0 fully saturated rings. The highest BCUT2D eigenvalue weighted by Gasteiger charge is 2.32. The van der Waals surface area contributed by atoms with Crippen molar-refractivity contribution >= 4 is 27.5 Å². The van der Waals surface area contributed by atoms with Crippen molar-refractivity contribution in [2.24, 2.45) is 0 Å². The van der Waals surface area contributed by atoms with Crippen molar-refractivity contribution in [3.8, 4) is 0 Å². The minimum absolute atomic E-state index is 0.117. The topological polar surface area (TPSA) is 86.8 Å². The van der Waals surface area contributed by atoms with Crippen LogP contribution in [0.4, 0.5) is 10.1 Å². The second kappa shape index (κ2) is 11.8. The summed E-state index contributed by atoms with van der Waals surface area (Å²) < 4.78 is 41.6. The molecular formula is C27H30FN3O4S. The van der Waals surface area contributed by atoms with Crippen LogP contribution in [0.2, 0.25) is 0 Å². The van der Waals surface area contributed by atoms with Crippen LogP contribution >= 0.6 is 0 Å². The Kier molecular flexibility index (Phi) is 8.82.